The fourth-order valence-corrected chi connectivity index (χ4v) is 3.28. The standard InChI is InChI=1S/C21H17F2N7O4/c1-32-13-7-12(8-14(10-13)33-2)26-20-28-18-17(24-5-6-30(18)29-20)25-11-3-4-16-15(9-11)27-19(31)21(22,23)34-16/h3-10H,1-2H3,(H,24,25)(H,26,29)(H,27,31). The summed E-state index contributed by atoms with van der Waals surface area (Å²) in [5.41, 5.74) is 1.60. The normalized spacial score (nSPS) is 14.1. The number of amides is 1. The Morgan fingerprint density at radius 2 is 1.82 bits per heavy atom. The Labute approximate surface area is 190 Å². The van der Waals surface area contributed by atoms with Gasteiger partial charge in [0.2, 0.25) is 11.6 Å². The third-order valence-corrected chi connectivity index (χ3v) is 4.86. The van der Waals surface area contributed by atoms with Gasteiger partial charge in [0.05, 0.1) is 19.9 Å². The lowest BCUT2D eigenvalue weighted by molar-refractivity contribution is -0.189. The van der Waals surface area contributed by atoms with E-state index in [0.717, 1.165) is 0 Å². The zero-order valence-electron chi connectivity index (χ0n) is 17.8. The van der Waals surface area contributed by atoms with E-state index in [0.29, 0.717) is 40.3 Å². The van der Waals surface area contributed by atoms with Crippen LogP contribution in [0.25, 0.3) is 5.65 Å². The number of ether oxygens (including phenoxy) is 3. The van der Waals surface area contributed by atoms with Gasteiger partial charge in [-0.1, -0.05) is 0 Å². The minimum absolute atomic E-state index is 0.101. The van der Waals surface area contributed by atoms with Crippen molar-refractivity contribution in [2.75, 3.05) is 30.2 Å². The predicted molar refractivity (Wildman–Crippen MR) is 118 cm³/mol. The smallest absolute Gasteiger partial charge is 0.482 e. The fraction of sp³-hybridized carbons (Fsp3) is 0.143. The summed E-state index contributed by atoms with van der Waals surface area (Å²) >= 11 is 0. The minimum atomic E-state index is -3.92. The number of anilines is 5. The van der Waals surface area contributed by atoms with E-state index in [9.17, 15) is 13.6 Å². The highest BCUT2D eigenvalue weighted by Crippen LogP contribution is 2.37. The highest BCUT2D eigenvalue weighted by molar-refractivity contribution is 5.99. The molecule has 34 heavy (non-hydrogen) atoms. The second-order valence-corrected chi connectivity index (χ2v) is 7.11. The van der Waals surface area contributed by atoms with E-state index in [1.165, 1.54) is 28.9 Å². The molecule has 0 unspecified atom stereocenters. The van der Waals surface area contributed by atoms with E-state index in [1.807, 2.05) is 0 Å². The van der Waals surface area contributed by atoms with Gasteiger partial charge < -0.3 is 30.2 Å². The summed E-state index contributed by atoms with van der Waals surface area (Å²) in [6.45, 7) is 0. The number of carbonyl (C=O) groups is 1. The lowest BCUT2D eigenvalue weighted by Crippen LogP contribution is -2.43. The number of benzene rings is 2. The molecule has 1 amide bonds. The van der Waals surface area contributed by atoms with Crippen LogP contribution in [0.1, 0.15) is 0 Å². The number of fused-ring (bicyclic) bond motifs is 2. The number of nitrogens with zero attached hydrogens (tertiary/aromatic N) is 4. The molecule has 0 bridgehead atoms. The second kappa shape index (κ2) is 8.03. The molecule has 5 rings (SSSR count). The zero-order valence-corrected chi connectivity index (χ0v) is 17.8. The van der Waals surface area contributed by atoms with Crippen molar-refractivity contribution in [2.45, 2.75) is 6.11 Å². The van der Waals surface area contributed by atoms with E-state index in [2.05, 4.69) is 35.8 Å². The predicted octanol–water partition coefficient (Wildman–Crippen LogP) is 3.55. The van der Waals surface area contributed by atoms with Gasteiger partial charge in [0, 0.05) is 42.0 Å². The van der Waals surface area contributed by atoms with Gasteiger partial charge in [0.1, 0.15) is 11.5 Å². The Hall–Kier alpha value is -4.68. The number of hydrogen-bond acceptors (Lipinski definition) is 9. The molecule has 3 N–H and O–H groups in total. The van der Waals surface area contributed by atoms with Crippen LogP contribution in [0.5, 0.6) is 17.2 Å². The third-order valence-electron chi connectivity index (χ3n) is 4.86. The Bertz CT molecular complexity index is 1390. The van der Waals surface area contributed by atoms with Gasteiger partial charge in [-0.2, -0.15) is 13.8 Å². The maximum absolute atomic E-state index is 13.4. The number of halogens is 2. The highest BCUT2D eigenvalue weighted by atomic mass is 19.3. The molecule has 0 radical (unpaired) electrons. The van der Waals surface area contributed by atoms with Crippen LogP contribution < -0.4 is 30.2 Å². The van der Waals surface area contributed by atoms with Crippen LogP contribution in [0.2, 0.25) is 0 Å². The topological polar surface area (TPSA) is 124 Å². The van der Waals surface area contributed by atoms with Crippen LogP contribution in [0.3, 0.4) is 0 Å². The number of rotatable bonds is 6. The Kier molecular flexibility index (Phi) is 5.00. The van der Waals surface area contributed by atoms with Gasteiger partial charge in [0.15, 0.2) is 11.6 Å². The molecule has 2 aromatic carbocycles. The molecule has 1 aliphatic rings. The van der Waals surface area contributed by atoms with Crippen molar-refractivity contribution >= 4 is 40.4 Å². The van der Waals surface area contributed by atoms with Gasteiger partial charge in [0.25, 0.3) is 0 Å². The Morgan fingerprint density at radius 3 is 2.56 bits per heavy atom. The molecule has 1 aliphatic heterocycles. The fourth-order valence-electron chi connectivity index (χ4n) is 3.28. The minimum Gasteiger partial charge on any atom is -0.497 e. The molecular formula is C21H17F2N7O4. The molecule has 0 spiro atoms. The number of aromatic nitrogens is 4. The average Bonchev–Trinajstić information content (AvgIpc) is 3.23. The summed E-state index contributed by atoms with van der Waals surface area (Å²) < 4.78 is 43.4. The molecule has 3 heterocycles. The van der Waals surface area contributed by atoms with Gasteiger partial charge in [-0.15, -0.1) is 5.10 Å². The van der Waals surface area contributed by atoms with E-state index in [4.69, 9.17) is 9.47 Å². The Morgan fingerprint density at radius 1 is 1.06 bits per heavy atom. The monoisotopic (exact) mass is 469 g/mol. The highest BCUT2D eigenvalue weighted by Gasteiger charge is 2.46. The van der Waals surface area contributed by atoms with Gasteiger partial charge >= 0.3 is 12.0 Å². The van der Waals surface area contributed by atoms with Crippen LogP contribution in [0, 0.1) is 0 Å². The maximum atomic E-state index is 13.4. The first-order chi connectivity index (χ1) is 16.3. The van der Waals surface area contributed by atoms with Crippen molar-refractivity contribution in [1.29, 1.82) is 0 Å². The summed E-state index contributed by atoms with van der Waals surface area (Å²) in [5, 5.41) is 12.7. The Balaban J connectivity index is 1.42. The van der Waals surface area contributed by atoms with Crippen molar-refractivity contribution in [2.24, 2.45) is 0 Å². The number of methoxy groups -OCH3 is 2. The molecule has 174 valence electrons. The molecule has 0 saturated heterocycles. The number of alkyl halides is 2. The van der Waals surface area contributed by atoms with Crippen LogP contribution in [-0.2, 0) is 4.79 Å². The van der Waals surface area contributed by atoms with E-state index in [1.54, 1.807) is 38.6 Å². The molecule has 13 heteroatoms. The van der Waals surface area contributed by atoms with Crippen LogP contribution >= 0.6 is 0 Å². The van der Waals surface area contributed by atoms with E-state index < -0.39 is 12.0 Å². The average molecular weight is 469 g/mol. The van der Waals surface area contributed by atoms with E-state index >= 15 is 0 Å². The van der Waals surface area contributed by atoms with Crippen LogP contribution in [0.4, 0.5) is 37.6 Å². The molecule has 4 aromatic rings. The number of carbonyl (C=O) groups excluding carboxylic acids is 1. The van der Waals surface area contributed by atoms with Crippen LogP contribution in [0.15, 0.2) is 48.8 Å². The first-order valence-corrected chi connectivity index (χ1v) is 9.85. The van der Waals surface area contributed by atoms with Crippen molar-refractivity contribution in [3.05, 3.63) is 48.8 Å². The summed E-state index contributed by atoms with van der Waals surface area (Å²) in [6.07, 6.45) is -0.785. The van der Waals surface area contributed by atoms with Gasteiger partial charge in [-0.05, 0) is 18.2 Å². The second-order valence-electron chi connectivity index (χ2n) is 7.11. The van der Waals surface area contributed by atoms with Crippen molar-refractivity contribution < 1.29 is 27.8 Å². The summed E-state index contributed by atoms with van der Waals surface area (Å²) in [6, 6.07) is 9.54. The summed E-state index contributed by atoms with van der Waals surface area (Å²) in [5.74, 6) is 0.134. The number of hydrogen-bond donors (Lipinski definition) is 3. The van der Waals surface area contributed by atoms with E-state index in [-0.39, 0.29) is 11.4 Å². The molecule has 0 aliphatic carbocycles. The first-order valence-electron chi connectivity index (χ1n) is 9.85. The SMILES string of the molecule is COc1cc(Nc2nc3c(Nc4ccc5c(c4)NC(=O)C(F)(F)O5)nccn3n2)cc(OC)c1. The lowest BCUT2D eigenvalue weighted by Gasteiger charge is -2.25. The lowest BCUT2D eigenvalue weighted by atomic mass is 10.2. The van der Waals surface area contributed by atoms with Crippen molar-refractivity contribution in [1.82, 2.24) is 19.6 Å². The van der Waals surface area contributed by atoms with Gasteiger partial charge in [-0.3, -0.25) is 4.79 Å². The first kappa shape index (κ1) is 21.2. The maximum Gasteiger partial charge on any atom is 0.482 e. The van der Waals surface area contributed by atoms with Crippen LogP contribution in [-0.4, -0.2) is 45.8 Å². The van der Waals surface area contributed by atoms with Gasteiger partial charge in [-0.25, -0.2) is 9.50 Å². The molecule has 0 atom stereocenters. The quantitative estimate of drug-likeness (QED) is 0.389. The summed E-state index contributed by atoms with van der Waals surface area (Å²) in [7, 11) is 3.10. The molecular weight excluding hydrogens is 452 g/mol. The van der Waals surface area contributed by atoms with Crippen molar-refractivity contribution in [3.8, 4) is 17.2 Å². The largest absolute Gasteiger partial charge is 0.497 e. The molecule has 0 saturated carbocycles. The molecule has 2 aromatic heterocycles. The summed E-state index contributed by atoms with van der Waals surface area (Å²) in [4.78, 5) is 20.3. The zero-order chi connectivity index (χ0) is 23.9. The molecule has 11 nitrogen and oxygen atoms in total. The number of nitrogens with one attached hydrogen (secondary N) is 3. The third kappa shape index (κ3) is 3.94. The van der Waals surface area contributed by atoms with Crippen molar-refractivity contribution in [3.63, 3.8) is 0 Å². The molecule has 0 fully saturated rings.